The van der Waals surface area contributed by atoms with Gasteiger partial charge in [0.15, 0.2) is 10.0 Å². The van der Waals surface area contributed by atoms with Crippen LogP contribution in [0.3, 0.4) is 0 Å². The van der Waals surface area contributed by atoms with Crippen molar-refractivity contribution in [3.05, 3.63) is 37.1 Å². The minimum absolute atomic E-state index is 0.0239. The van der Waals surface area contributed by atoms with Crippen LogP contribution in [0.1, 0.15) is 10.4 Å². The molecular weight excluding hydrogens is 450 g/mol. The van der Waals surface area contributed by atoms with Crippen molar-refractivity contribution < 1.29 is 31.1 Å². The standard InChI is InChI=1S/C10H7ClF3INO4S/c11-8-5-6(15)1-2-7(8)9(17)20-4-3-16-21(18,19)10(12,13)14/h1-2,5H,3-4H2/q-1. The Kier molecular flexibility index (Phi) is 6.25. The number of carbonyl (C=O) groups excluding carboxylic acids is 1. The molecule has 11 heteroatoms. The number of esters is 1. The van der Waals surface area contributed by atoms with Gasteiger partial charge in [0.25, 0.3) is 0 Å². The molecule has 0 aliphatic rings. The molecule has 1 aromatic carbocycles. The van der Waals surface area contributed by atoms with Crippen molar-refractivity contribution in [2.75, 3.05) is 13.2 Å². The maximum Gasteiger partial charge on any atom is 0.480 e. The van der Waals surface area contributed by atoms with E-state index >= 15 is 0 Å². The van der Waals surface area contributed by atoms with Crippen molar-refractivity contribution in [2.24, 2.45) is 0 Å². The third kappa shape index (κ3) is 5.27. The largest absolute Gasteiger partial charge is 0.538 e. The molecule has 0 amide bonds. The van der Waals surface area contributed by atoms with Gasteiger partial charge in [0.05, 0.1) is 17.2 Å². The minimum atomic E-state index is -5.57. The van der Waals surface area contributed by atoms with Crippen LogP contribution >= 0.6 is 34.2 Å². The molecule has 0 fully saturated rings. The average Bonchev–Trinajstić information content (AvgIpc) is 2.33. The summed E-state index contributed by atoms with van der Waals surface area (Å²) in [5.74, 6) is -0.879. The summed E-state index contributed by atoms with van der Waals surface area (Å²) in [4.78, 5) is 11.6. The normalized spacial score (nSPS) is 12.2. The van der Waals surface area contributed by atoms with Gasteiger partial charge in [-0.25, -0.2) is 13.2 Å². The second-order valence-electron chi connectivity index (χ2n) is 3.53. The van der Waals surface area contributed by atoms with Crippen molar-refractivity contribution in [2.45, 2.75) is 5.51 Å². The van der Waals surface area contributed by atoms with Gasteiger partial charge in [0.2, 0.25) is 0 Å². The van der Waals surface area contributed by atoms with Crippen LogP contribution in [-0.4, -0.2) is 33.0 Å². The molecule has 1 rings (SSSR count). The molecule has 21 heavy (non-hydrogen) atoms. The zero-order chi connectivity index (χ0) is 16.3. The molecule has 0 aromatic heterocycles. The lowest BCUT2D eigenvalue weighted by Gasteiger charge is -2.21. The van der Waals surface area contributed by atoms with E-state index in [1.165, 1.54) is 12.1 Å². The van der Waals surface area contributed by atoms with E-state index < -0.39 is 34.7 Å². The van der Waals surface area contributed by atoms with E-state index in [0.717, 1.165) is 3.57 Å². The minimum Gasteiger partial charge on any atom is -0.538 e. The number of ether oxygens (including phenoxy) is 1. The topological polar surface area (TPSA) is 74.5 Å². The van der Waals surface area contributed by atoms with Crippen LogP contribution in [0.15, 0.2) is 18.2 Å². The van der Waals surface area contributed by atoms with Crippen molar-refractivity contribution in [1.29, 1.82) is 0 Å². The molecule has 0 saturated carbocycles. The summed E-state index contributed by atoms with van der Waals surface area (Å²) in [5.41, 5.74) is -5.44. The van der Waals surface area contributed by atoms with Crippen LogP contribution in [-0.2, 0) is 14.8 Å². The Morgan fingerprint density at radius 1 is 1.38 bits per heavy atom. The molecule has 0 saturated heterocycles. The summed E-state index contributed by atoms with van der Waals surface area (Å²) in [6.07, 6.45) is 0. The summed E-state index contributed by atoms with van der Waals surface area (Å²) in [6.45, 7) is -1.44. The third-order valence-electron chi connectivity index (χ3n) is 2.03. The SMILES string of the molecule is O=C(OCC[N-]S(=O)(=O)C(F)(F)F)c1ccc(I)cc1Cl. The van der Waals surface area contributed by atoms with E-state index in [1.807, 2.05) is 22.6 Å². The number of benzene rings is 1. The van der Waals surface area contributed by atoms with Crippen molar-refractivity contribution in [3.63, 3.8) is 0 Å². The van der Waals surface area contributed by atoms with E-state index in [9.17, 15) is 26.4 Å². The van der Waals surface area contributed by atoms with Gasteiger partial charge < -0.3 is 9.46 Å². The van der Waals surface area contributed by atoms with Crippen LogP contribution in [0.5, 0.6) is 0 Å². The smallest absolute Gasteiger partial charge is 0.480 e. The summed E-state index contributed by atoms with van der Waals surface area (Å²) in [6, 6.07) is 4.47. The molecule has 0 heterocycles. The molecule has 118 valence electrons. The molecule has 0 bridgehead atoms. The number of alkyl halides is 3. The fourth-order valence-electron chi connectivity index (χ4n) is 1.10. The molecule has 5 nitrogen and oxygen atoms in total. The van der Waals surface area contributed by atoms with E-state index in [0.29, 0.717) is 0 Å². The first-order valence-corrected chi connectivity index (χ1v) is 8.06. The molecule has 0 radical (unpaired) electrons. The number of rotatable bonds is 5. The molecule has 1 aromatic rings. The number of hydrogen-bond acceptors (Lipinski definition) is 4. The number of sulfonamides is 1. The van der Waals surface area contributed by atoms with Crippen LogP contribution in [0.2, 0.25) is 5.02 Å². The Morgan fingerprint density at radius 2 is 2.00 bits per heavy atom. The predicted octanol–water partition coefficient (Wildman–Crippen LogP) is 3.32. The monoisotopic (exact) mass is 456 g/mol. The zero-order valence-corrected chi connectivity index (χ0v) is 13.8. The Morgan fingerprint density at radius 3 is 2.52 bits per heavy atom. The van der Waals surface area contributed by atoms with Gasteiger partial charge in [-0.1, -0.05) is 11.6 Å². The molecule has 0 unspecified atom stereocenters. The van der Waals surface area contributed by atoms with Gasteiger partial charge in [-0.3, -0.25) is 0 Å². The lowest BCUT2D eigenvalue weighted by Crippen LogP contribution is -2.23. The Balaban J connectivity index is 2.52. The lowest BCUT2D eigenvalue weighted by molar-refractivity contribution is -0.0427. The van der Waals surface area contributed by atoms with Crippen LogP contribution in [0.25, 0.3) is 4.72 Å². The highest BCUT2D eigenvalue weighted by Gasteiger charge is 2.38. The number of halogens is 5. The summed E-state index contributed by atoms with van der Waals surface area (Å²) < 4.78 is 65.0. The molecule has 0 atom stereocenters. The van der Waals surface area contributed by atoms with Gasteiger partial charge in [-0.05, 0) is 40.8 Å². The summed E-state index contributed by atoms with van der Waals surface area (Å²) in [7, 11) is -5.57. The quantitative estimate of drug-likeness (QED) is 0.387. The highest BCUT2D eigenvalue weighted by molar-refractivity contribution is 14.1. The Bertz CT molecular complexity index is 636. The molecule has 0 N–H and O–H groups in total. The van der Waals surface area contributed by atoms with E-state index in [1.54, 1.807) is 6.07 Å². The molecule has 0 aliphatic carbocycles. The van der Waals surface area contributed by atoms with Gasteiger partial charge >= 0.3 is 11.5 Å². The third-order valence-corrected chi connectivity index (χ3v) is 4.12. The van der Waals surface area contributed by atoms with Crippen molar-refractivity contribution in [1.82, 2.24) is 0 Å². The zero-order valence-electron chi connectivity index (χ0n) is 10.0. The first kappa shape index (κ1) is 18.5. The fourth-order valence-corrected chi connectivity index (χ4v) is 2.50. The van der Waals surface area contributed by atoms with Gasteiger partial charge in [-0.15, -0.1) is 6.54 Å². The fraction of sp³-hybridized carbons (Fsp3) is 0.300. The van der Waals surface area contributed by atoms with Crippen LogP contribution in [0, 0.1) is 3.57 Å². The van der Waals surface area contributed by atoms with Crippen molar-refractivity contribution >= 4 is 50.2 Å². The highest BCUT2D eigenvalue weighted by atomic mass is 127. The first-order valence-electron chi connectivity index (χ1n) is 5.17. The first-order chi connectivity index (χ1) is 9.54. The summed E-state index contributed by atoms with van der Waals surface area (Å²) >= 11 is 7.77. The van der Waals surface area contributed by atoms with Crippen LogP contribution < -0.4 is 0 Å². The Hall–Kier alpha value is -0.590. The van der Waals surface area contributed by atoms with Gasteiger partial charge in [-0.2, -0.15) is 13.2 Å². The number of hydrogen-bond donors (Lipinski definition) is 0. The average molecular weight is 457 g/mol. The van der Waals surface area contributed by atoms with E-state index in [4.69, 9.17) is 11.6 Å². The van der Waals surface area contributed by atoms with Crippen LogP contribution in [0.4, 0.5) is 13.2 Å². The number of carbonyl (C=O) groups is 1. The number of nitrogens with zero attached hydrogens (tertiary/aromatic N) is 1. The van der Waals surface area contributed by atoms with E-state index in [2.05, 4.69) is 9.46 Å². The maximum atomic E-state index is 12.0. The Labute approximate surface area is 137 Å². The molecule has 0 spiro atoms. The highest BCUT2D eigenvalue weighted by Crippen LogP contribution is 2.27. The second kappa shape index (κ2) is 7.11. The second-order valence-corrected chi connectivity index (χ2v) is 6.86. The molecule has 0 aliphatic heterocycles. The molecular formula is C10H7ClF3INO4S-. The summed E-state index contributed by atoms with van der Waals surface area (Å²) in [5, 5.41) is 0.117. The maximum absolute atomic E-state index is 12.0. The van der Waals surface area contributed by atoms with Gasteiger partial charge in [0, 0.05) is 3.57 Å². The van der Waals surface area contributed by atoms with Gasteiger partial charge in [0.1, 0.15) is 0 Å². The van der Waals surface area contributed by atoms with E-state index in [-0.39, 0.29) is 10.6 Å². The predicted molar refractivity (Wildman–Crippen MR) is 77.7 cm³/mol. The van der Waals surface area contributed by atoms with Crippen molar-refractivity contribution in [3.8, 4) is 0 Å². The lowest BCUT2D eigenvalue weighted by atomic mass is 10.2.